The lowest BCUT2D eigenvalue weighted by Gasteiger charge is -2.12. The van der Waals surface area contributed by atoms with E-state index in [2.05, 4.69) is 0 Å². The van der Waals surface area contributed by atoms with Gasteiger partial charge < -0.3 is 15.6 Å². The van der Waals surface area contributed by atoms with Crippen LogP contribution in [0.3, 0.4) is 0 Å². The minimum Gasteiger partial charge on any atom is -0.494 e. The Balaban J connectivity index is 2.26. The molecule has 0 bridgehead atoms. The van der Waals surface area contributed by atoms with Crippen LogP contribution in [-0.2, 0) is 13.0 Å². The molecule has 20 heavy (non-hydrogen) atoms. The van der Waals surface area contributed by atoms with E-state index in [-0.39, 0.29) is 11.6 Å². The van der Waals surface area contributed by atoms with E-state index < -0.39 is 0 Å². The molecule has 6 heteroatoms. The molecule has 3 rings (SSSR count). The van der Waals surface area contributed by atoms with Crippen LogP contribution >= 0.6 is 0 Å². The molecular formula is C14H17N3O3. The van der Waals surface area contributed by atoms with Crippen LogP contribution in [0.15, 0.2) is 23.0 Å². The fourth-order valence-electron chi connectivity index (χ4n) is 2.71. The SMILES string of the molecule is COc1cc(N)ccc1-n1c(O)c2n(c1=O)CCCC2. The van der Waals surface area contributed by atoms with E-state index in [1.165, 1.54) is 11.7 Å². The van der Waals surface area contributed by atoms with Gasteiger partial charge in [0.2, 0.25) is 5.88 Å². The Kier molecular flexibility index (Phi) is 2.93. The minimum atomic E-state index is -0.236. The molecule has 0 aliphatic carbocycles. The first-order valence-electron chi connectivity index (χ1n) is 6.60. The molecule has 0 atom stereocenters. The number of hydrogen-bond acceptors (Lipinski definition) is 4. The maximum absolute atomic E-state index is 12.5. The van der Waals surface area contributed by atoms with Crippen LogP contribution in [0.1, 0.15) is 18.5 Å². The Morgan fingerprint density at radius 2 is 2.15 bits per heavy atom. The molecule has 0 unspecified atom stereocenters. The van der Waals surface area contributed by atoms with Gasteiger partial charge in [-0.2, -0.15) is 0 Å². The standard InChI is InChI=1S/C14H17N3O3/c1-20-12-8-9(15)5-6-10(12)17-13(18)11-4-2-3-7-16(11)14(17)19/h5-6,8,18H,2-4,7,15H2,1H3. The van der Waals surface area contributed by atoms with Gasteiger partial charge in [-0.05, 0) is 31.4 Å². The van der Waals surface area contributed by atoms with E-state index in [4.69, 9.17) is 10.5 Å². The molecule has 1 aromatic heterocycles. The monoisotopic (exact) mass is 275 g/mol. The van der Waals surface area contributed by atoms with Gasteiger partial charge in [-0.1, -0.05) is 0 Å². The van der Waals surface area contributed by atoms with Crippen LogP contribution < -0.4 is 16.2 Å². The summed E-state index contributed by atoms with van der Waals surface area (Å²) < 4.78 is 8.19. The molecule has 106 valence electrons. The predicted molar refractivity (Wildman–Crippen MR) is 75.6 cm³/mol. The first-order valence-corrected chi connectivity index (χ1v) is 6.60. The van der Waals surface area contributed by atoms with E-state index >= 15 is 0 Å². The number of nitrogens with zero attached hydrogens (tertiary/aromatic N) is 2. The minimum absolute atomic E-state index is 0.00206. The molecule has 1 aliphatic rings. The lowest BCUT2D eigenvalue weighted by atomic mass is 10.1. The van der Waals surface area contributed by atoms with Crippen molar-refractivity contribution < 1.29 is 9.84 Å². The second-order valence-electron chi connectivity index (χ2n) is 4.93. The molecule has 0 amide bonds. The Morgan fingerprint density at radius 3 is 2.85 bits per heavy atom. The molecule has 1 aromatic carbocycles. The van der Waals surface area contributed by atoms with E-state index in [0.717, 1.165) is 12.8 Å². The van der Waals surface area contributed by atoms with Crippen LogP contribution in [0.25, 0.3) is 5.69 Å². The van der Waals surface area contributed by atoms with Gasteiger partial charge in [0.25, 0.3) is 0 Å². The highest BCUT2D eigenvalue weighted by Crippen LogP contribution is 2.31. The number of hydrogen-bond donors (Lipinski definition) is 2. The third kappa shape index (κ3) is 1.76. The van der Waals surface area contributed by atoms with E-state index in [1.807, 2.05) is 0 Å². The Labute approximate surface area is 116 Å². The quantitative estimate of drug-likeness (QED) is 0.809. The Bertz CT molecular complexity index is 715. The van der Waals surface area contributed by atoms with Crippen LogP contribution in [0.2, 0.25) is 0 Å². The summed E-state index contributed by atoms with van der Waals surface area (Å²) in [7, 11) is 1.51. The van der Waals surface area contributed by atoms with Crippen molar-refractivity contribution in [1.82, 2.24) is 9.13 Å². The summed E-state index contributed by atoms with van der Waals surface area (Å²) in [5, 5.41) is 10.4. The van der Waals surface area contributed by atoms with Crippen LogP contribution in [0.5, 0.6) is 11.6 Å². The average molecular weight is 275 g/mol. The zero-order valence-corrected chi connectivity index (χ0v) is 11.3. The van der Waals surface area contributed by atoms with Crippen molar-refractivity contribution in [3.63, 3.8) is 0 Å². The third-order valence-corrected chi connectivity index (χ3v) is 3.71. The van der Waals surface area contributed by atoms with Gasteiger partial charge in [-0.3, -0.25) is 4.57 Å². The molecule has 2 aromatic rings. The maximum atomic E-state index is 12.5. The molecular weight excluding hydrogens is 258 g/mol. The molecule has 0 fully saturated rings. The number of methoxy groups -OCH3 is 1. The van der Waals surface area contributed by atoms with Crippen molar-refractivity contribution in [2.75, 3.05) is 12.8 Å². The second-order valence-corrected chi connectivity index (χ2v) is 4.93. The number of anilines is 1. The van der Waals surface area contributed by atoms with Crippen molar-refractivity contribution in [2.45, 2.75) is 25.8 Å². The molecule has 2 heterocycles. The lowest BCUT2D eigenvalue weighted by molar-refractivity contribution is 0.403. The molecule has 1 aliphatic heterocycles. The van der Waals surface area contributed by atoms with Crippen molar-refractivity contribution in [3.05, 3.63) is 34.4 Å². The van der Waals surface area contributed by atoms with E-state index in [1.54, 1.807) is 22.8 Å². The van der Waals surface area contributed by atoms with Crippen molar-refractivity contribution >= 4 is 5.69 Å². The van der Waals surface area contributed by atoms with Crippen molar-refractivity contribution in [2.24, 2.45) is 0 Å². The van der Waals surface area contributed by atoms with Gasteiger partial charge in [0.1, 0.15) is 5.75 Å². The third-order valence-electron chi connectivity index (χ3n) is 3.71. The maximum Gasteiger partial charge on any atom is 0.336 e. The van der Waals surface area contributed by atoms with Crippen LogP contribution in [-0.4, -0.2) is 21.4 Å². The molecule has 0 saturated heterocycles. The topological polar surface area (TPSA) is 82.4 Å². The normalized spacial score (nSPS) is 14.1. The summed E-state index contributed by atoms with van der Waals surface area (Å²) >= 11 is 0. The summed E-state index contributed by atoms with van der Waals surface area (Å²) in [6.45, 7) is 0.645. The molecule has 3 N–H and O–H groups in total. The summed E-state index contributed by atoms with van der Waals surface area (Å²) in [4.78, 5) is 12.5. The zero-order chi connectivity index (χ0) is 14.3. The first kappa shape index (κ1) is 12.7. The summed E-state index contributed by atoms with van der Waals surface area (Å²) in [6, 6.07) is 5.00. The molecule has 0 spiro atoms. The second kappa shape index (κ2) is 4.63. The van der Waals surface area contributed by atoms with Gasteiger partial charge >= 0.3 is 5.69 Å². The number of aromatic nitrogens is 2. The van der Waals surface area contributed by atoms with Crippen molar-refractivity contribution in [3.8, 4) is 17.3 Å². The number of aromatic hydroxyl groups is 1. The zero-order valence-electron chi connectivity index (χ0n) is 11.3. The predicted octanol–water partition coefficient (Wildman–Crippen LogP) is 1.27. The average Bonchev–Trinajstić information content (AvgIpc) is 2.72. The number of imidazole rings is 1. The molecule has 6 nitrogen and oxygen atoms in total. The molecule has 0 saturated carbocycles. The fraction of sp³-hybridized carbons (Fsp3) is 0.357. The highest BCUT2D eigenvalue weighted by Gasteiger charge is 2.24. The van der Waals surface area contributed by atoms with Gasteiger partial charge in [-0.25, -0.2) is 9.36 Å². The highest BCUT2D eigenvalue weighted by atomic mass is 16.5. The summed E-state index contributed by atoms with van der Waals surface area (Å²) in [5.74, 6) is 0.461. The number of fused-ring (bicyclic) bond motifs is 1. The number of benzene rings is 1. The van der Waals surface area contributed by atoms with Crippen LogP contribution in [0, 0.1) is 0 Å². The smallest absolute Gasteiger partial charge is 0.336 e. The van der Waals surface area contributed by atoms with E-state index in [0.29, 0.717) is 35.8 Å². The van der Waals surface area contributed by atoms with Gasteiger partial charge in [0.05, 0.1) is 18.5 Å². The van der Waals surface area contributed by atoms with Gasteiger partial charge in [0.15, 0.2) is 0 Å². The van der Waals surface area contributed by atoms with E-state index in [9.17, 15) is 9.90 Å². The summed E-state index contributed by atoms with van der Waals surface area (Å²) in [5.41, 5.74) is 7.23. The van der Waals surface area contributed by atoms with Crippen molar-refractivity contribution in [1.29, 1.82) is 0 Å². The number of rotatable bonds is 2. The Hall–Kier alpha value is -2.37. The highest BCUT2D eigenvalue weighted by molar-refractivity contribution is 5.57. The number of ether oxygens (including phenoxy) is 1. The lowest BCUT2D eigenvalue weighted by Crippen LogP contribution is -2.26. The van der Waals surface area contributed by atoms with Crippen LogP contribution in [0.4, 0.5) is 5.69 Å². The molecule has 0 radical (unpaired) electrons. The fourth-order valence-corrected chi connectivity index (χ4v) is 2.71. The Morgan fingerprint density at radius 1 is 1.35 bits per heavy atom. The largest absolute Gasteiger partial charge is 0.494 e. The summed E-state index contributed by atoms with van der Waals surface area (Å²) in [6.07, 6.45) is 2.65. The van der Waals surface area contributed by atoms with Gasteiger partial charge in [0, 0.05) is 18.3 Å². The number of nitrogen functional groups attached to an aromatic ring is 1. The first-order chi connectivity index (χ1) is 9.63. The van der Waals surface area contributed by atoms with Gasteiger partial charge in [-0.15, -0.1) is 0 Å². The number of nitrogens with two attached hydrogens (primary N) is 1.